The summed E-state index contributed by atoms with van der Waals surface area (Å²) in [6.45, 7) is 11.9. The fourth-order valence-electron chi connectivity index (χ4n) is 11.4. The largest absolute Gasteiger partial charge is 0.472 e. The van der Waals surface area contributed by atoms with E-state index in [-0.39, 0.29) is 25.7 Å². The van der Waals surface area contributed by atoms with Crippen LogP contribution in [-0.4, -0.2) is 96.7 Å². The van der Waals surface area contributed by atoms with Crippen molar-refractivity contribution in [1.29, 1.82) is 0 Å². The van der Waals surface area contributed by atoms with Crippen molar-refractivity contribution in [3.63, 3.8) is 0 Å². The van der Waals surface area contributed by atoms with Crippen molar-refractivity contribution in [3.05, 3.63) is 0 Å². The molecule has 0 heterocycles. The lowest BCUT2D eigenvalue weighted by molar-refractivity contribution is -0.161. The van der Waals surface area contributed by atoms with Crippen molar-refractivity contribution in [3.8, 4) is 0 Å². The molecule has 17 nitrogen and oxygen atoms in total. The maximum absolute atomic E-state index is 13.1. The highest BCUT2D eigenvalue weighted by atomic mass is 31.2. The molecular weight excluding hydrogens is 1230 g/mol. The number of aliphatic hydroxyl groups excluding tert-OH is 1. The van der Waals surface area contributed by atoms with Crippen LogP contribution in [0.1, 0.15) is 382 Å². The van der Waals surface area contributed by atoms with Crippen LogP contribution in [-0.2, 0) is 65.4 Å². The Kier molecular flexibility index (Phi) is 64.3. The lowest BCUT2D eigenvalue weighted by Crippen LogP contribution is -2.30. The van der Waals surface area contributed by atoms with Gasteiger partial charge in [-0.2, -0.15) is 0 Å². The van der Waals surface area contributed by atoms with Gasteiger partial charge in [0.25, 0.3) is 0 Å². The third-order valence-corrected chi connectivity index (χ3v) is 19.3. The van der Waals surface area contributed by atoms with Crippen molar-refractivity contribution in [1.82, 2.24) is 0 Å². The zero-order valence-corrected chi connectivity index (χ0v) is 63.2. The third-order valence-electron chi connectivity index (χ3n) is 17.4. The number of carbonyl (C=O) groups is 4. The number of aliphatic hydroxyl groups is 1. The minimum atomic E-state index is -4.96. The predicted octanol–water partition coefficient (Wildman–Crippen LogP) is 21.8. The number of esters is 4. The number of hydrogen-bond acceptors (Lipinski definition) is 15. The summed E-state index contributed by atoms with van der Waals surface area (Å²) in [4.78, 5) is 72.8. The van der Waals surface area contributed by atoms with Crippen LogP contribution in [0, 0.1) is 17.8 Å². The van der Waals surface area contributed by atoms with Gasteiger partial charge in [0.2, 0.25) is 0 Å². The van der Waals surface area contributed by atoms with Gasteiger partial charge < -0.3 is 33.8 Å². The number of hydrogen-bond donors (Lipinski definition) is 3. The molecule has 3 N–H and O–H groups in total. The average Bonchev–Trinajstić information content (AvgIpc) is 1.77. The monoisotopic (exact) mass is 1380 g/mol. The summed E-state index contributed by atoms with van der Waals surface area (Å²) in [5.41, 5.74) is 0. The summed E-state index contributed by atoms with van der Waals surface area (Å²) in [5, 5.41) is 10.6. The Morgan fingerprint density at radius 1 is 0.287 bits per heavy atom. The van der Waals surface area contributed by atoms with Crippen molar-refractivity contribution in [2.45, 2.75) is 401 Å². The molecule has 0 aromatic carbocycles. The van der Waals surface area contributed by atoms with Crippen LogP contribution in [0.4, 0.5) is 0 Å². The van der Waals surface area contributed by atoms with Gasteiger partial charge in [-0.3, -0.25) is 37.3 Å². The first-order valence-corrected chi connectivity index (χ1v) is 41.8. The molecule has 0 radical (unpaired) electrons. The lowest BCUT2D eigenvalue weighted by atomic mass is 10.0. The molecule has 5 atom stereocenters. The maximum Gasteiger partial charge on any atom is 0.472 e. The summed E-state index contributed by atoms with van der Waals surface area (Å²) in [6.07, 6.45) is 51.3. The number of rotatable bonds is 73. The molecule has 0 aliphatic heterocycles. The number of carbonyl (C=O) groups excluding carboxylic acids is 4. The third kappa shape index (κ3) is 68.6. The summed E-state index contributed by atoms with van der Waals surface area (Å²) in [6, 6.07) is 0. The second kappa shape index (κ2) is 65.7. The van der Waals surface area contributed by atoms with Crippen LogP contribution in [0.15, 0.2) is 0 Å². The Bertz CT molecular complexity index is 1840. The van der Waals surface area contributed by atoms with Gasteiger partial charge in [-0.25, -0.2) is 9.13 Å². The lowest BCUT2D eigenvalue weighted by Gasteiger charge is -2.21. The molecule has 0 fully saturated rings. The molecule has 19 heteroatoms. The molecule has 0 saturated carbocycles. The molecule has 558 valence electrons. The molecule has 0 aromatic heterocycles. The summed E-state index contributed by atoms with van der Waals surface area (Å²) in [5.74, 6) is 0.169. The highest BCUT2D eigenvalue weighted by Gasteiger charge is 2.30. The SMILES string of the molecule is CCCCCCCCCCCCCCC(=O)O[C@H](COC(=O)CCCCCCCCCCC(C)C)COP(=O)(O)OC[C@H](O)COP(=O)(O)OC[C@@H](COC(=O)CCCCCCCCCCCCC(C)C)OC(=O)CCCCCCCCCCCCCCCCCC(C)C. The molecule has 0 spiro atoms. The fourth-order valence-corrected chi connectivity index (χ4v) is 13.0. The topological polar surface area (TPSA) is 237 Å². The van der Waals surface area contributed by atoms with Crippen molar-refractivity contribution >= 4 is 39.5 Å². The Hall–Kier alpha value is -1.94. The smallest absolute Gasteiger partial charge is 0.462 e. The molecule has 0 aromatic rings. The Morgan fingerprint density at radius 2 is 0.489 bits per heavy atom. The van der Waals surface area contributed by atoms with Crippen molar-refractivity contribution < 1.29 is 80.2 Å². The van der Waals surface area contributed by atoms with Crippen LogP contribution in [0.2, 0.25) is 0 Å². The standard InChI is InChI=1S/C75H146O17P2/c1-8-9-10-11-12-13-14-21-28-37-44-51-58-74(79)92-71(63-86-73(78)57-50-43-36-31-30-34-41-48-55-68(6)7)65-90-94(83,84)88-61-69(76)60-87-93(81,82)89-64-70(62-85-72(77)56-49-42-35-27-24-23-26-33-40-47-54-67(4)5)91-75(80)59-52-45-38-29-22-19-17-15-16-18-20-25-32-39-46-53-66(2)3/h66-71,76H,8-65H2,1-7H3,(H,81,82)(H,83,84)/t69-,70-,71-/m1/s1. The van der Waals surface area contributed by atoms with E-state index in [1.165, 1.54) is 193 Å². The molecule has 0 saturated heterocycles. The molecule has 94 heavy (non-hydrogen) atoms. The molecule has 0 rings (SSSR count). The van der Waals surface area contributed by atoms with Gasteiger partial charge in [-0.1, -0.05) is 331 Å². The Balaban J connectivity index is 5.24. The number of phosphoric acid groups is 2. The maximum atomic E-state index is 13.1. The van der Waals surface area contributed by atoms with Crippen LogP contribution in [0.3, 0.4) is 0 Å². The fraction of sp³-hybridized carbons (Fsp3) is 0.947. The van der Waals surface area contributed by atoms with E-state index < -0.39 is 97.5 Å². The zero-order chi connectivity index (χ0) is 69.4. The van der Waals surface area contributed by atoms with E-state index in [2.05, 4.69) is 48.5 Å². The van der Waals surface area contributed by atoms with Gasteiger partial charge in [0.1, 0.15) is 19.3 Å². The van der Waals surface area contributed by atoms with E-state index in [1.54, 1.807) is 0 Å². The van der Waals surface area contributed by atoms with Crippen LogP contribution in [0.5, 0.6) is 0 Å². The predicted molar refractivity (Wildman–Crippen MR) is 381 cm³/mol. The number of phosphoric ester groups is 2. The van der Waals surface area contributed by atoms with E-state index in [0.29, 0.717) is 25.7 Å². The van der Waals surface area contributed by atoms with Gasteiger partial charge in [-0.05, 0) is 43.4 Å². The van der Waals surface area contributed by atoms with Gasteiger partial charge in [0, 0.05) is 25.7 Å². The van der Waals surface area contributed by atoms with E-state index in [0.717, 1.165) is 108 Å². The first-order chi connectivity index (χ1) is 45.2. The quantitative estimate of drug-likeness (QED) is 0.0222. The second-order valence-corrected chi connectivity index (χ2v) is 31.4. The van der Waals surface area contributed by atoms with Crippen LogP contribution in [0.25, 0.3) is 0 Å². The Morgan fingerprint density at radius 3 is 0.723 bits per heavy atom. The minimum absolute atomic E-state index is 0.107. The van der Waals surface area contributed by atoms with Gasteiger partial charge in [0.15, 0.2) is 12.2 Å². The molecule has 0 amide bonds. The summed E-state index contributed by atoms with van der Waals surface area (Å²) >= 11 is 0. The second-order valence-electron chi connectivity index (χ2n) is 28.5. The summed E-state index contributed by atoms with van der Waals surface area (Å²) < 4.78 is 68.5. The minimum Gasteiger partial charge on any atom is -0.462 e. The van der Waals surface area contributed by atoms with E-state index in [9.17, 15) is 43.2 Å². The van der Waals surface area contributed by atoms with Gasteiger partial charge >= 0.3 is 39.5 Å². The van der Waals surface area contributed by atoms with E-state index in [4.69, 9.17) is 37.0 Å². The number of unbranched alkanes of at least 4 members (excludes halogenated alkanes) is 41. The van der Waals surface area contributed by atoms with Crippen molar-refractivity contribution in [2.75, 3.05) is 39.6 Å². The van der Waals surface area contributed by atoms with Crippen molar-refractivity contribution in [2.24, 2.45) is 17.8 Å². The van der Waals surface area contributed by atoms with Crippen LogP contribution < -0.4 is 0 Å². The van der Waals surface area contributed by atoms with E-state index in [1.807, 2.05) is 0 Å². The van der Waals surface area contributed by atoms with Gasteiger partial charge in [-0.15, -0.1) is 0 Å². The van der Waals surface area contributed by atoms with Crippen LogP contribution >= 0.6 is 15.6 Å². The van der Waals surface area contributed by atoms with E-state index >= 15 is 0 Å². The Labute approximate surface area is 575 Å². The molecule has 2 unspecified atom stereocenters. The molecule has 0 aliphatic carbocycles. The molecular formula is C75H146O17P2. The summed E-state index contributed by atoms with van der Waals surface area (Å²) in [7, 11) is -9.91. The molecule has 0 bridgehead atoms. The first kappa shape index (κ1) is 92.1. The zero-order valence-electron chi connectivity index (χ0n) is 61.4. The normalized spacial score (nSPS) is 14.1. The van der Waals surface area contributed by atoms with Gasteiger partial charge in [0.05, 0.1) is 26.4 Å². The average molecular weight is 1380 g/mol. The highest BCUT2D eigenvalue weighted by molar-refractivity contribution is 7.47. The number of ether oxygens (including phenoxy) is 4. The highest BCUT2D eigenvalue weighted by Crippen LogP contribution is 2.45. The first-order valence-electron chi connectivity index (χ1n) is 38.8. The molecule has 0 aliphatic rings.